The molecule has 0 spiro atoms. The SMILES string of the molecule is Cc1ccccc1N(c1ccc(-c2ccc(N(c3ccccc3C)c3cccc4c3oc3c(-c5ccccc5)cccc34)c(C)c2)cc1C)c1cccc2c1oc1c(-c3ccccc3)cccc12. The molecule has 2 aromatic heterocycles. The molecule has 0 saturated carbocycles. The maximum Gasteiger partial charge on any atom is 0.159 e. The van der Waals surface area contributed by atoms with E-state index in [2.05, 4.69) is 256 Å². The average molecular weight is 877 g/mol. The molecule has 0 unspecified atom stereocenters. The Morgan fingerprint density at radius 1 is 0.250 bits per heavy atom. The summed E-state index contributed by atoms with van der Waals surface area (Å²) in [7, 11) is 0. The number of anilines is 6. The minimum atomic E-state index is 0.858. The summed E-state index contributed by atoms with van der Waals surface area (Å²) in [5.41, 5.74) is 21.3. The first kappa shape index (κ1) is 40.9. The van der Waals surface area contributed by atoms with Gasteiger partial charge in [-0.15, -0.1) is 0 Å². The molecular formula is C64H48N2O2. The molecule has 12 rings (SSSR count). The predicted molar refractivity (Wildman–Crippen MR) is 286 cm³/mol. The van der Waals surface area contributed by atoms with Gasteiger partial charge >= 0.3 is 0 Å². The fourth-order valence-electron chi connectivity index (χ4n) is 10.2. The first-order chi connectivity index (χ1) is 33.4. The van der Waals surface area contributed by atoms with Crippen molar-refractivity contribution in [2.24, 2.45) is 0 Å². The van der Waals surface area contributed by atoms with Crippen LogP contribution < -0.4 is 9.80 Å². The van der Waals surface area contributed by atoms with Gasteiger partial charge in [0.2, 0.25) is 0 Å². The van der Waals surface area contributed by atoms with Gasteiger partial charge in [-0.3, -0.25) is 0 Å². The summed E-state index contributed by atoms with van der Waals surface area (Å²) in [5.74, 6) is 0. The smallest absolute Gasteiger partial charge is 0.159 e. The van der Waals surface area contributed by atoms with Crippen molar-refractivity contribution in [3.05, 3.63) is 241 Å². The zero-order valence-corrected chi connectivity index (χ0v) is 38.5. The lowest BCUT2D eigenvalue weighted by atomic mass is 9.98. The molecule has 0 saturated heterocycles. The molecule has 0 N–H and O–H groups in total. The van der Waals surface area contributed by atoms with Crippen LogP contribution in [0.2, 0.25) is 0 Å². The van der Waals surface area contributed by atoms with E-state index in [0.29, 0.717) is 0 Å². The number of benzene rings is 10. The molecule has 0 aliphatic rings. The Hall–Kier alpha value is -8.60. The molecule has 68 heavy (non-hydrogen) atoms. The third-order valence-corrected chi connectivity index (χ3v) is 13.6. The van der Waals surface area contributed by atoms with Gasteiger partial charge in [0.25, 0.3) is 0 Å². The Morgan fingerprint density at radius 2 is 0.588 bits per heavy atom. The summed E-state index contributed by atoms with van der Waals surface area (Å²) < 4.78 is 14.0. The molecule has 10 aromatic carbocycles. The Kier molecular flexibility index (Phi) is 10.0. The van der Waals surface area contributed by atoms with E-state index < -0.39 is 0 Å². The number of rotatable bonds is 9. The zero-order chi connectivity index (χ0) is 45.9. The van der Waals surface area contributed by atoms with Crippen molar-refractivity contribution in [3.8, 4) is 33.4 Å². The molecule has 0 aliphatic carbocycles. The second kappa shape index (κ2) is 16.7. The van der Waals surface area contributed by atoms with Gasteiger partial charge in [0.05, 0.1) is 11.4 Å². The van der Waals surface area contributed by atoms with Crippen LogP contribution in [-0.4, -0.2) is 0 Å². The Balaban J connectivity index is 0.964. The van der Waals surface area contributed by atoms with Crippen LogP contribution in [-0.2, 0) is 0 Å². The van der Waals surface area contributed by atoms with Crippen LogP contribution in [0.5, 0.6) is 0 Å². The van der Waals surface area contributed by atoms with E-state index in [1.807, 2.05) is 0 Å². The van der Waals surface area contributed by atoms with Crippen LogP contribution in [0.25, 0.3) is 77.3 Å². The number of hydrogen-bond acceptors (Lipinski definition) is 4. The van der Waals surface area contributed by atoms with Crippen molar-refractivity contribution in [1.82, 2.24) is 0 Å². The Labute approximate surface area is 396 Å². The summed E-state index contributed by atoms with van der Waals surface area (Å²) in [6, 6.07) is 77.8. The van der Waals surface area contributed by atoms with E-state index in [4.69, 9.17) is 8.83 Å². The third-order valence-electron chi connectivity index (χ3n) is 13.6. The fraction of sp³-hybridized carbons (Fsp3) is 0.0625. The second-order valence-electron chi connectivity index (χ2n) is 17.9. The van der Waals surface area contributed by atoms with E-state index in [1.54, 1.807) is 0 Å². The second-order valence-corrected chi connectivity index (χ2v) is 17.9. The van der Waals surface area contributed by atoms with E-state index >= 15 is 0 Å². The molecule has 2 heterocycles. The maximum absolute atomic E-state index is 6.99. The highest BCUT2D eigenvalue weighted by molar-refractivity contribution is 6.15. The van der Waals surface area contributed by atoms with E-state index in [1.165, 1.54) is 11.1 Å². The van der Waals surface area contributed by atoms with Crippen LogP contribution in [0.3, 0.4) is 0 Å². The molecule has 0 atom stereocenters. The van der Waals surface area contributed by atoms with Crippen LogP contribution >= 0.6 is 0 Å². The molecule has 0 radical (unpaired) electrons. The number of fused-ring (bicyclic) bond motifs is 6. The van der Waals surface area contributed by atoms with Gasteiger partial charge < -0.3 is 18.6 Å². The highest BCUT2D eigenvalue weighted by Gasteiger charge is 2.25. The number of para-hydroxylation sites is 6. The van der Waals surface area contributed by atoms with Crippen molar-refractivity contribution < 1.29 is 8.83 Å². The average Bonchev–Trinajstić information content (AvgIpc) is 3.96. The third kappa shape index (κ3) is 6.84. The normalized spacial score (nSPS) is 11.5. The highest BCUT2D eigenvalue weighted by Crippen LogP contribution is 2.48. The number of nitrogens with zero attached hydrogens (tertiary/aromatic N) is 2. The number of furan rings is 2. The van der Waals surface area contributed by atoms with E-state index in [-0.39, 0.29) is 0 Å². The summed E-state index contributed by atoms with van der Waals surface area (Å²) in [5, 5.41) is 4.39. The molecule has 12 aromatic rings. The topological polar surface area (TPSA) is 32.8 Å². The van der Waals surface area contributed by atoms with Crippen molar-refractivity contribution >= 4 is 78.0 Å². The van der Waals surface area contributed by atoms with Crippen molar-refractivity contribution in [2.45, 2.75) is 27.7 Å². The molecule has 0 bridgehead atoms. The van der Waals surface area contributed by atoms with Crippen LogP contribution in [0.4, 0.5) is 34.1 Å². The predicted octanol–water partition coefficient (Wildman–Crippen LogP) is 18.7. The van der Waals surface area contributed by atoms with Gasteiger partial charge in [-0.05, 0) is 121 Å². The lowest BCUT2D eigenvalue weighted by molar-refractivity contribution is 0.670. The van der Waals surface area contributed by atoms with E-state index in [0.717, 1.165) is 123 Å². The standard InChI is InChI=1S/C64H48N2O2/c1-41-19-11-13-31-55(41)65(59-33-17-29-53-51-27-15-25-49(61(51)67-63(53)59)45-21-7-5-8-22-45)57-37-35-47(39-43(57)3)48-36-38-58(44(4)40-48)66(56-32-14-12-20-42(56)2)60-34-18-30-54-52-28-16-26-50(62(52)68-64(54)60)46-23-9-6-10-24-46/h5-40H,1-4H3. The van der Waals surface area contributed by atoms with Gasteiger partial charge in [0.15, 0.2) is 11.2 Å². The maximum atomic E-state index is 6.99. The fourth-order valence-corrected chi connectivity index (χ4v) is 10.2. The highest BCUT2D eigenvalue weighted by atomic mass is 16.3. The first-order valence-electron chi connectivity index (χ1n) is 23.3. The van der Waals surface area contributed by atoms with Crippen molar-refractivity contribution in [1.29, 1.82) is 0 Å². The molecule has 4 heteroatoms. The van der Waals surface area contributed by atoms with Crippen LogP contribution in [0.1, 0.15) is 22.3 Å². The Morgan fingerprint density at radius 3 is 0.985 bits per heavy atom. The zero-order valence-electron chi connectivity index (χ0n) is 38.5. The first-order valence-corrected chi connectivity index (χ1v) is 23.3. The van der Waals surface area contributed by atoms with Crippen molar-refractivity contribution in [2.75, 3.05) is 9.80 Å². The van der Waals surface area contributed by atoms with Crippen LogP contribution in [0.15, 0.2) is 227 Å². The minimum absolute atomic E-state index is 0.858. The number of hydrogen-bond donors (Lipinski definition) is 0. The van der Waals surface area contributed by atoms with Gasteiger partial charge in [-0.1, -0.05) is 170 Å². The molecule has 0 amide bonds. The molecule has 326 valence electrons. The Bertz CT molecular complexity index is 3610. The minimum Gasteiger partial charge on any atom is -0.453 e. The molecule has 4 nitrogen and oxygen atoms in total. The van der Waals surface area contributed by atoms with Gasteiger partial charge in [-0.25, -0.2) is 0 Å². The van der Waals surface area contributed by atoms with Gasteiger partial charge in [0.1, 0.15) is 11.2 Å². The molecule has 0 fully saturated rings. The summed E-state index contributed by atoms with van der Waals surface area (Å²) in [6.07, 6.45) is 0. The number of aryl methyl sites for hydroxylation is 4. The summed E-state index contributed by atoms with van der Waals surface area (Å²) in [4.78, 5) is 4.74. The van der Waals surface area contributed by atoms with Crippen LogP contribution in [0, 0.1) is 27.7 Å². The lowest BCUT2D eigenvalue weighted by Gasteiger charge is -2.29. The van der Waals surface area contributed by atoms with Crippen molar-refractivity contribution in [3.63, 3.8) is 0 Å². The summed E-state index contributed by atoms with van der Waals surface area (Å²) >= 11 is 0. The molecular weight excluding hydrogens is 829 g/mol. The van der Waals surface area contributed by atoms with Gasteiger partial charge in [0, 0.05) is 55.4 Å². The van der Waals surface area contributed by atoms with Gasteiger partial charge in [-0.2, -0.15) is 0 Å². The molecule has 0 aliphatic heterocycles. The van der Waals surface area contributed by atoms with E-state index in [9.17, 15) is 0 Å². The monoisotopic (exact) mass is 876 g/mol. The lowest BCUT2D eigenvalue weighted by Crippen LogP contribution is -2.13. The quantitative estimate of drug-likeness (QED) is 0.145. The summed E-state index contributed by atoms with van der Waals surface area (Å²) in [6.45, 7) is 8.79. The largest absolute Gasteiger partial charge is 0.453 e.